The Morgan fingerprint density at radius 2 is 1.94 bits per heavy atom. The lowest BCUT2D eigenvalue weighted by molar-refractivity contribution is 0.102. The standard InChI is InChI=1S/C25H28BrClN6O/c1-17(23-22(26)24(32-31-23)30-25(34)20-4-2-3-5-21(20)27)29-13-8-18-9-14-33(15-10-18)16-19-6-11-28-12-7-19/h2-7,11-12,18,29H,1,8-10,13-16H2,(H2,30,31,32,34). The van der Waals surface area contributed by atoms with E-state index in [0.717, 1.165) is 38.3 Å². The van der Waals surface area contributed by atoms with E-state index in [9.17, 15) is 4.79 Å². The number of nitrogens with one attached hydrogen (secondary N) is 3. The molecule has 1 aromatic carbocycles. The predicted octanol–water partition coefficient (Wildman–Crippen LogP) is 5.34. The zero-order valence-corrected chi connectivity index (χ0v) is 21.2. The van der Waals surface area contributed by atoms with E-state index >= 15 is 0 Å². The molecule has 0 bridgehead atoms. The molecule has 1 saturated heterocycles. The number of nitrogens with zero attached hydrogens (tertiary/aromatic N) is 3. The van der Waals surface area contributed by atoms with E-state index in [1.54, 1.807) is 24.3 Å². The lowest BCUT2D eigenvalue weighted by Gasteiger charge is -2.32. The number of hydrogen-bond donors (Lipinski definition) is 3. The van der Waals surface area contributed by atoms with Crippen LogP contribution in [0.25, 0.3) is 5.70 Å². The van der Waals surface area contributed by atoms with Crippen molar-refractivity contribution in [2.45, 2.75) is 25.8 Å². The number of pyridine rings is 1. The number of aromatic amines is 1. The summed E-state index contributed by atoms with van der Waals surface area (Å²) in [4.78, 5) is 19.1. The second-order valence-electron chi connectivity index (χ2n) is 8.46. The van der Waals surface area contributed by atoms with Gasteiger partial charge >= 0.3 is 0 Å². The monoisotopic (exact) mass is 542 g/mol. The minimum absolute atomic E-state index is 0.321. The molecule has 0 atom stereocenters. The summed E-state index contributed by atoms with van der Waals surface area (Å²) in [7, 11) is 0. The first-order valence-corrected chi connectivity index (χ1v) is 12.5. The van der Waals surface area contributed by atoms with Crippen molar-refractivity contribution in [3.63, 3.8) is 0 Å². The number of piperidine rings is 1. The molecule has 2 aromatic heterocycles. The van der Waals surface area contributed by atoms with Gasteiger partial charge in [0.05, 0.1) is 26.4 Å². The molecular formula is C25H28BrClN6O. The highest BCUT2D eigenvalue weighted by molar-refractivity contribution is 9.10. The first kappa shape index (κ1) is 24.4. The van der Waals surface area contributed by atoms with Crippen molar-refractivity contribution in [1.29, 1.82) is 0 Å². The van der Waals surface area contributed by atoms with Crippen LogP contribution in [0.15, 0.2) is 59.8 Å². The third-order valence-electron chi connectivity index (χ3n) is 6.11. The smallest absolute Gasteiger partial charge is 0.258 e. The van der Waals surface area contributed by atoms with Gasteiger partial charge in [-0.15, -0.1) is 0 Å². The van der Waals surface area contributed by atoms with Gasteiger partial charge in [0.25, 0.3) is 5.91 Å². The maximum Gasteiger partial charge on any atom is 0.258 e. The lowest BCUT2D eigenvalue weighted by Crippen LogP contribution is -2.34. The molecule has 4 rings (SSSR count). The number of likely N-dealkylation sites (tertiary alicyclic amines) is 1. The zero-order valence-electron chi connectivity index (χ0n) is 18.9. The summed E-state index contributed by atoms with van der Waals surface area (Å²) in [6, 6.07) is 11.1. The van der Waals surface area contributed by atoms with Crippen molar-refractivity contribution in [3.8, 4) is 0 Å². The molecule has 0 spiro atoms. The number of rotatable bonds is 9. The number of anilines is 1. The van der Waals surface area contributed by atoms with E-state index < -0.39 is 0 Å². The average molecular weight is 544 g/mol. The number of H-pyrrole nitrogens is 1. The van der Waals surface area contributed by atoms with Crippen LogP contribution in [-0.4, -0.2) is 45.6 Å². The largest absolute Gasteiger partial charge is 0.384 e. The molecular weight excluding hydrogens is 516 g/mol. The molecule has 1 amide bonds. The number of carbonyl (C=O) groups is 1. The highest BCUT2D eigenvalue weighted by atomic mass is 79.9. The highest BCUT2D eigenvalue weighted by Gasteiger charge is 2.20. The minimum Gasteiger partial charge on any atom is -0.384 e. The second-order valence-corrected chi connectivity index (χ2v) is 9.66. The van der Waals surface area contributed by atoms with Crippen molar-refractivity contribution in [2.24, 2.45) is 5.92 Å². The van der Waals surface area contributed by atoms with Crippen LogP contribution in [0, 0.1) is 5.92 Å². The Bertz CT molecular complexity index is 1130. The number of carbonyl (C=O) groups excluding carboxylic acids is 1. The van der Waals surface area contributed by atoms with E-state index in [4.69, 9.17) is 11.6 Å². The van der Waals surface area contributed by atoms with Gasteiger partial charge in [0, 0.05) is 25.5 Å². The van der Waals surface area contributed by atoms with E-state index in [1.165, 1.54) is 18.4 Å². The molecule has 1 aliphatic rings. The van der Waals surface area contributed by atoms with Crippen LogP contribution in [0.1, 0.15) is 40.9 Å². The highest BCUT2D eigenvalue weighted by Crippen LogP contribution is 2.28. The lowest BCUT2D eigenvalue weighted by atomic mass is 9.93. The van der Waals surface area contributed by atoms with Crippen LogP contribution in [0.5, 0.6) is 0 Å². The molecule has 9 heteroatoms. The Hall–Kier alpha value is -2.68. The van der Waals surface area contributed by atoms with Crippen LogP contribution in [0.2, 0.25) is 5.02 Å². The normalized spacial score (nSPS) is 14.6. The Balaban J connectivity index is 1.22. The summed E-state index contributed by atoms with van der Waals surface area (Å²) >= 11 is 9.64. The third kappa shape index (κ3) is 6.25. The summed E-state index contributed by atoms with van der Waals surface area (Å²) in [5.41, 5.74) is 3.15. The van der Waals surface area contributed by atoms with Gasteiger partial charge in [0.15, 0.2) is 5.82 Å². The predicted molar refractivity (Wildman–Crippen MR) is 140 cm³/mol. The Morgan fingerprint density at radius 3 is 2.68 bits per heavy atom. The molecule has 3 heterocycles. The van der Waals surface area contributed by atoms with Crippen molar-refractivity contribution in [3.05, 3.63) is 81.7 Å². The molecule has 3 N–H and O–H groups in total. The van der Waals surface area contributed by atoms with E-state index in [2.05, 4.69) is 65.4 Å². The van der Waals surface area contributed by atoms with Gasteiger partial charge in [0.2, 0.25) is 0 Å². The SMILES string of the molecule is C=C(NCCC1CCN(Cc2ccncc2)CC1)c1[nH]nc(NC(=O)c2ccccc2Cl)c1Br. The van der Waals surface area contributed by atoms with Crippen molar-refractivity contribution >= 4 is 45.0 Å². The number of hydrogen-bond acceptors (Lipinski definition) is 5. The summed E-state index contributed by atoms with van der Waals surface area (Å²) in [6.45, 7) is 8.20. The van der Waals surface area contributed by atoms with Gasteiger partial charge in [-0.05, 0) is 84.0 Å². The van der Waals surface area contributed by atoms with Crippen LogP contribution in [-0.2, 0) is 6.54 Å². The first-order chi connectivity index (χ1) is 16.5. The average Bonchev–Trinajstić information content (AvgIpc) is 3.21. The molecule has 0 unspecified atom stereocenters. The Morgan fingerprint density at radius 1 is 1.21 bits per heavy atom. The Labute approximate surface area is 213 Å². The maximum atomic E-state index is 12.5. The van der Waals surface area contributed by atoms with Crippen molar-refractivity contribution in [2.75, 3.05) is 25.0 Å². The maximum absolute atomic E-state index is 12.5. The van der Waals surface area contributed by atoms with E-state index in [1.807, 2.05) is 12.4 Å². The summed E-state index contributed by atoms with van der Waals surface area (Å²) in [6.07, 6.45) is 7.20. The molecule has 34 heavy (non-hydrogen) atoms. The first-order valence-electron chi connectivity index (χ1n) is 11.4. The quantitative estimate of drug-likeness (QED) is 0.339. The molecule has 7 nitrogen and oxygen atoms in total. The number of halogens is 2. The zero-order chi connectivity index (χ0) is 23.9. The Kier molecular flexibility index (Phi) is 8.37. The second kappa shape index (κ2) is 11.6. The van der Waals surface area contributed by atoms with E-state index in [0.29, 0.717) is 32.5 Å². The molecule has 0 radical (unpaired) electrons. The van der Waals surface area contributed by atoms with Gasteiger partial charge < -0.3 is 10.6 Å². The molecule has 1 aliphatic heterocycles. The fraction of sp³-hybridized carbons (Fsp3) is 0.320. The van der Waals surface area contributed by atoms with Gasteiger partial charge in [-0.3, -0.25) is 19.8 Å². The summed E-state index contributed by atoms with van der Waals surface area (Å²) < 4.78 is 0.648. The number of amides is 1. The van der Waals surface area contributed by atoms with Crippen LogP contribution < -0.4 is 10.6 Å². The molecule has 0 saturated carbocycles. The third-order valence-corrected chi connectivity index (χ3v) is 7.21. The van der Waals surface area contributed by atoms with Crippen LogP contribution in [0.3, 0.4) is 0 Å². The molecule has 1 fully saturated rings. The van der Waals surface area contributed by atoms with Crippen LogP contribution >= 0.6 is 27.5 Å². The fourth-order valence-corrected chi connectivity index (χ4v) is 4.86. The van der Waals surface area contributed by atoms with Gasteiger partial charge in [0.1, 0.15) is 0 Å². The summed E-state index contributed by atoms with van der Waals surface area (Å²) in [5.74, 6) is 0.771. The summed E-state index contributed by atoms with van der Waals surface area (Å²) in [5, 5.41) is 13.7. The van der Waals surface area contributed by atoms with Gasteiger partial charge in [-0.25, -0.2) is 0 Å². The van der Waals surface area contributed by atoms with Crippen molar-refractivity contribution < 1.29 is 4.79 Å². The molecule has 0 aliphatic carbocycles. The molecule has 3 aromatic rings. The van der Waals surface area contributed by atoms with E-state index in [-0.39, 0.29) is 5.91 Å². The van der Waals surface area contributed by atoms with Crippen LogP contribution in [0.4, 0.5) is 5.82 Å². The minimum atomic E-state index is -0.321. The van der Waals surface area contributed by atoms with Gasteiger partial charge in [-0.2, -0.15) is 5.10 Å². The van der Waals surface area contributed by atoms with Gasteiger partial charge in [-0.1, -0.05) is 30.3 Å². The number of benzene rings is 1. The topological polar surface area (TPSA) is 85.9 Å². The molecule has 178 valence electrons. The fourth-order valence-electron chi connectivity index (χ4n) is 4.13. The number of aromatic nitrogens is 3. The van der Waals surface area contributed by atoms with Crippen molar-refractivity contribution in [1.82, 2.24) is 25.4 Å².